The number of rotatable bonds is 3. The normalized spacial score (nSPS) is 18.0. The molecule has 0 N–H and O–H groups in total. The highest BCUT2D eigenvalue weighted by Crippen LogP contribution is 2.23. The van der Waals surface area contributed by atoms with Gasteiger partial charge in [-0.05, 0) is 36.5 Å². The van der Waals surface area contributed by atoms with Gasteiger partial charge in [0.2, 0.25) is 0 Å². The van der Waals surface area contributed by atoms with Crippen molar-refractivity contribution in [2.24, 2.45) is 13.0 Å². The maximum atomic E-state index is 12.5. The van der Waals surface area contributed by atoms with Crippen LogP contribution in [0.2, 0.25) is 0 Å². The zero-order chi connectivity index (χ0) is 17.4. The van der Waals surface area contributed by atoms with E-state index in [0.29, 0.717) is 17.6 Å². The fraction of sp³-hybridized carbons (Fsp3) is 0.421. The van der Waals surface area contributed by atoms with Crippen LogP contribution in [0.25, 0.3) is 11.0 Å². The van der Waals surface area contributed by atoms with Gasteiger partial charge in [0.1, 0.15) is 5.52 Å². The van der Waals surface area contributed by atoms with Crippen molar-refractivity contribution in [1.29, 1.82) is 0 Å². The van der Waals surface area contributed by atoms with E-state index in [0.717, 1.165) is 24.6 Å². The van der Waals surface area contributed by atoms with E-state index < -0.39 is 0 Å². The molecule has 0 unspecified atom stereocenters. The van der Waals surface area contributed by atoms with Crippen molar-refractivity contribution in [3.05, 3.63) is 52.7 Å². The lowest BCUT2D eigenvalue weighted by Gasteiger charge is -2.32. The fourth-order valence-electron chi connectivity index (χ4n) is 3.59. The number of aromatic nitrogens is 4. The highest BCUT2D eigenvalue weighted by molar-refractivity contribution is 5.71. The topological polar surface area (TPSA) is 56.0 Å². The molecule has 0 amide bonds. The Morgan fingerprint density at radius 2 is 2.04 bits per heavy atom. The number of piperidine rings is 1. The van der Waals surface area contributed by atoms with Crippen molar-refractivity contribution >= 4 is 16.7 Å². The van der Waals surface area contributed by atoms with Crippen LogP contribution in [0.5, 0.6) is 0 Å². The number of fused-ring (bicyclic) bond motifs is 1. The Hall–Kier alpha value is -2.63. The number of nitrogens with zero attached hydrogens (tertiary/aromatic N) is 5. The molecule has 130 valence electrons. The molecule has 4 rings (SSSR count). The van der Waals surface area contributed by atoms with Gasteiger partial charge in [-0.25, -0.2) is 4.98 Å². The quantitative estimate of drug-likeness (QED) is 0.736. The van der Waals surface area contributed by atoms with Crippen LogP contribution in [-0.4, -0.2) is 32.4 Å². The van der Waals surface area contributed by atoms with Crippen molar-refractivity contribution in [2.75, 3.05) is 18.0 Å². The fourth-order valence-corrected chi connectivity index (χ4v) is 3.59. The van der Waals surface area contributed by atoms with Crippen molar-refractivity contribution < 1.29 is 0 Å². The van der Waals surface area contributed by atoms with E-state index in [1.807, 2.05) is 0 Å². The van der Waals surface area contributed by atoms with Gasteiger partial charge in [-0.2, -0.15) is 5.10 Å². The van der Waals surface area contributed by atoms with Crippen LogP contribution in [0.3, 0.4) is 0 Å². The summed E-state index contributed by atoms with van der Waals surface area (Å²) in [6.07, 6.45) is 5.94. The third-order valence-corrected chi connectivity index (χ3v) is 4.92. The molecule has 1 atom stereocenters. The minimum atomic E-state index is -0.0977. The Morgan fingerprint density at radius 3 is 2.80 bits per heavy atom. The Bertz CT molecular complexity index is 941. The summed E-state index contributed by atoms with van der Waals surface area (Å²) in [4.78, 5) is 19.3. The van der Waals surface area contributed by atoms with Crippen LogP contribution in [0, 0.1) is 5.92 Å². The Labute approximate surface area is 146 Å². The molecule has 3 heterocycles. The Morgan fingerprint density at radius 1 is 1.24 bits per heavy atom. The van der Waals surface area contributed by atoms with E-state index in [4.69, 9.17) is 0 Å². The second-order valence-corrected chi connectivity index (χ2v) is 7.07. The number of anilines is 1. The average molecular weight is 337 g/mol. The molecular formula is C19H23N5O. The molecule has 2 aromatic heterocycles. The number of hydrogen-bond donors (Lipinski definition) is 0. The van der Waals surface area contributed by atoms with Gasteiger partial charge >= 0.3 is 0 Å². The molecule has 0 aliphatic carbocycles. The van der Waals surface area contributed by atoms with E-state index >= 15 is 0 Å². The summed E-state index contributed by atoms with van der Waals surface area (Å²) in [5.41, 5.74) is 3.32. The minimum Gasteiger partial charge on any atom is -0.371 e. The molecular weight excluding hydrogens is 314 g/mol. The van der Waals surface area contributed by atoms with E-state index in [9.17, 15) is 4.79 Å². The van der Waals surface area contributed by atoms with Gasteiger partial charge < -0.3 is 4.90 Å². The molecule has 6 nitrogen and oxygen atoms in total. The zero-order valence-electron chi connectivity index (χ0n) is 14.7. The molecule has 3 aromatic rings. The summed E-state index contributed by atoms with van der Waals surface area (Å²) in [6, 6.07) is 8.52. The van der Waals surface area contributed by atoms with Crippen LogP contribution in [0.15, 0.2) is 41.6 Å². The molecule has 6 heteroatoms. The maximum Gasteiger partial charge on any atom is 0.282 e. The molecule has 0 radical (unpaired) electrons. The second-order valence-electron chi connectivity index (χ2n) is 7.07. The van der Waals surface area contributed by atoms with Crippen LogP contribution >= 0.6 is 0 Å². The first kappa shape index (κ1) is 15.9. The van der Waals surface area contributed by atoms with Crippen molar-refractivity contribution in [3.8, 4) is 0 Å². The molecule has 1 saturated heterocycles. The third-order valence-electron chi connectivity index (χ3n) is 4.92. The molecule has 1 aromatic carbocycles. The molecule has 0 spiro atoms. The summed E-state index contributed by atoms with van der Waals surface area (Å²) in [6.45, 7) is 5.07. The highest BCUT2D eigenvalue weighted by atomic mass is 16.1. The van der Waals surface area contributed by atoms with Crippen molar-refractivity contribution in [1.82, 2.24) is 19.3 Å². The SMILES string of the molecule is C[C@H]1CCCN(c2ccc(Cn3cnc4cn(C)nc4c3=O)cc2)C1. The summed E-state index contributed by atoms with van der Waals surface area (Å²) in [5.74, 6) is 0.753. The standard InChI is InChI=1S/C19H23N5O/c1-14-4-3-9-23(10-14)16-7-5-15(6-8-16)11-24-13-20-17-12-22(2)21-18(17)19(24)25/h5-8,12-14H,3-4,9-11H2,1-2H3/t14-/m0/s1. The first-order valence-corrected chi connectivity index (χ1v) is 8.83. The van der Waals surface area contributed by atoms with Gasteiger partial charge in [-0.1, -0.05) is 19.1 Å². The number of benzene rings is 1. The van der Waals surface area contributed by atoms with Gasteiger partial charge in [-0.15, -0.1) is 0 Å². The van der Waals surface area contributed by atoms with Crippen LogP contribution < -0.4 is 10.5 Å². The van der Waals surface area contributed by atoms with E-state index in [2.05, 4.69) is 46.2 Å². The van der Waals surface area contributed by atoms with Gasteiger partial charge in [0.15, 0.2) is 5.52 Å². The Balaban J connectivity index is 1.55. The van der Waals surface area contributed by atoms with E-state index in [-0.39, 0.29) is 5.56 Å². The van der Waals surface area contributed by atoms with Crippen molar-refractivity contribution in [3.63, 3.8) is 0 Å². The lowest BCUT2D eigenvalue weighted by molar-refractivity contribution is 0.447. The molecule has 1 aliphatic heterocycles. The second kappa shape index (κ2) is 6.35. The van der Waals surface area contributed by atoms with Crippen LogP contribution in [0.1, 0.15) is 25.3 Å². The predicted molar refractivity (Wildman–Crippen MR) is 98.9 cm³/mol. The molecule has 25 heavy (non-hydrogen) atoms. The third kappa shape index (κ3) is 3.16. The monoisotopic (exact) mass is 337 g/mol. The Kier molecular flexibility index (Phi) is 4.03. The average Bonchev–Trinajstić information content (AvgIpc) is 2.99. The summed E-state index contributed by atoms with van der Waals surface area (Å²) in [5, 5.41) is 4.21. The summed E-state index contributed by atoms with van der Waals surface area (Å²) >= 11 is 0. The highest BCUT2D eigenvalue weighted by Gasteiger charge is 2.16. The van der Waals surface area contributed by atoms with Crippen LogP contribution in [0.4, 0.5) is 5.69 Å². The van der Waals surface area contributed by atoms with Crippen molar-refractivity contribution in [2.45, 2.75) is 26.3 Å². The summed E-state index contributed by atoms with van der Waals surface area (Å²) < 4.78 is 3.24. The number of hydrogen-bond acceptors (Lipinski definition) is 4. The maximum absolute atomic E-state index is 12.5. The van der Waals surface area contributed by atoms with Gasteiger partial charge in [0.05, 0.1) is 19.1 Å². The largest absolute Gasteiger partial charge is 0.371 e. The van der Waals surface area contributed by atoms with Gasteiger partial charge in [0.25, 0.3) is 5.56 Å². The lowest BCUT2D eigenvalue weighted by atomic mass is 9.99. The summed E-state index contributed by atoms with van der Waals surface area (Å²) in [7, 11) is 1.80. The van der Waals surface area contributed by atoms with Gasteiger partial charge in [0, 0.05) is 25.8 Å². The number of aryl methyl sites for hydroxylation is 1. The smallest absolute Gasteiger partial charge is 0.282 e. The molecule has 0 bridgehead atoms. The predicted octanol–water partition coefficient (Wildman–Crippen LogP) is 2.41. The van der Waals surface area contributed by atoms with Gasteiger partial charge in [-0.3, -0.25) is 14.0 Å². The molecule has 1 fully saturated rings. The first-order valence-electron chi connectivity index (χ1n) is 8.83. The lowest BCUT2D eigenvalue weighted by Crippen LogP contribution is -2.34. The zero-order valence-corrected chi connectivity index (χ0v) is 14.7. The first-order chi connectivity index (χ1) is 12.1. The molecule has 1 aliphatic rings. The van der Waals surface area contributed by atoms with E-state index in [1.54, 1.807) is 28.8 Å². The van der Waals surface area contributed by atoms with Crippen LogP contribution in [-0.2, 0) is 13.6 Å². The molecule has 0 saturated carbocycles. The minimum absolute atomic E-state index is 0.0977. The van der Waals surface area contributed by atoms with E-state index in [1.165, 1.54) is 18.5 Å².